The van der Waals surface area contributed by atoms with Crippen LogP contribution in [0.1, 0.15) is 17.7 Å². The number of hydrogen-bond acceptors (Lipinski definition) is 5. The van der Waals surface area contributed by atoms with E-state index in [0.29, 0.717) is 18.5 Å². The number of nitrogens with one attached hydrogen (secondary N) is 1. The molecule has 0 aliphatic rings. The van der Waals surface area contributed by atoms with E-state index in [-0.39, 0.29) is 19.0 Å². The van der Waals surface area contributed by atoms with Crippen molar-refractivity contribution in [3.63, 3.8) is 0 Å². The van der Waals surface area contributed by atoms with Crippen LogP contribution in [0.25, 0.3) is 0 Å². The largest absolute Gasteiger partial charge is 0.497 e. The van der Waals surface area contributed by atoms with Gasteiger partial charge in [-0.25, -0.2) is 4.68 Å². The van der Waals surface area contributed by atoms with Crippen LogP contribution in [0.4, 0.5) is 0 Å². The van der Waals surface area contributed by atoms with Crippen LogP contribution in [0.15, 0.2) is 30.5 Å². The summed E-state index contributed by atoms with van der Waals surface area (Å²) in [4.78, 5) is 22.4. The first-order valence-corrected chi connectivity index (χ1v) is 7.07. The number of aliphatic carboxylic acids is 1. The van der Waals surface area contributed by atoms with Crippen molar-refractivity contribution in [1.29, 1.82) is 0 Å². The molecule has 2 rings (SSSR count). The Hall–Kier alpha value is -2.90. The van der Waals surface area contributed by atoms with Crippen LogP contribution in [0, 0.1) is 0 Å². The molecule has 0 saturated carbocycles. The third kappa shape index (κ3) is 5.42. The number of aryl methyl sites for hydroxylation is 1. The fraction of sp³-hybridized carbons (Fsp3) is 0.333. The zero-order valence-corrected chi connectivity index (χ0v) is 12.7. The quantitative estimate of drug-likeness (QED) is 0.739. The van der Waals surface area contributed by atoms with Crippen molar-refractivity contribution >= 4 is 11.9 Å². The van der Waals surface area contributed by atoms with Gasteiger partial charge in [-0.15, -0.1) is 5.10 Å². The lowest BCUT2D eigenvalue weighted by atomic mass is 10.1. The van der Waals surface area contributed by atoms with Gasteiger partial charge in [0.1, 0.15) is 18.0 Å². The molecule has 0 aliphatic heterocycles. The molecule has 1 amide bonds. The highest BCUT2D eigenvalue weighted by Crippen LogP contribution is 2.12. The maximum atomic E-state index is 11.8. The molecule has 0 fully saturated rings. The van der Waals surface area contributed by atoms with Crippen LogP contribution in [0.5, 0.6) is 5.75 Å². The SMILES string of the molecule is COc1ccc(CCC(=O)NCc2cn(CC(=O)O)nn2)cc1. The summed E-state index contributed by atoms with van der Waals surface area (Å²) in [7, 11) is 1.61. The molecule has 122 valence electrons. The number of carboxylic acids is 1. The van der Waals surface area contributed by atoms with Crippen LogP contribution in [-0.4, -0.2) is 39.1 Å². The molecule has 0 bridgehead atoms. The first-order valence-electron chi connectivity index (χ1n) is 7.07. The summed E-state index contributed by atoms with van der Waals surface area (Å²) < 4.78 is 6.29. The van der Waals surface area contributed by atoms with Crippen molar-refractivity contribution in [2.24, 2.45) is 0 Å². The highest BCUT2D eigenvalue weighted by Gasteiger charge is 2.07. The molecule has 8 heteroatoms. The van der Waals surface area contributed by atoms with Gasteiger partial charge in [-0.1, -0.05) is 17.3 Å². The second-order valence-electron chi connectivity index (χ2n) is 4.93. The lowest BCUT2D eigenvalue weighted by Gasteiger charge is -2.04. The Bertz CT molecular complexity index is 666. The Morgan fingerprint density at radius 3 is 2.70 bits per heavy atom. The molecule has 0 radical (unpaired) electrons. The topological polar surface area (TPSA) is 106 Å². The Morgan fingerprint density at radius 1 is 1.30 bits per heavy atom. The van der Waals surface area contributed by atoms with Gasteiger partial charge in [-0.05, 0) is 24.1 Å². The van der Waals surface area contributed by atoms with Gasteiger partial charge in [0.15, 0.2) is 0 Å². The molecule has 0 unspecified atom stereocenters. The van der Waals surface area contributed by atoms with E-state index in [9.17, 15) is 9.59 Å². The number of rotatable bonds is 8. The Labute approximate surface area is 133 Å². The number of carbonyl (C=O) groups is 2. The molecule has 0 atom stereocenters. The highest BCUT2D eigenvalue weighted by atomic mass is 16.5. The monoisotopic (exact) mass is 318 g/mol. The van der Waals surface area contributed by atoms with E-state index < -0.39 is 5.97 Å². The van der Waals surface area contributed by atoms with Crippen molar-refractivity contribution in [3.05, 3.63) is 41.7 Å². The highest BCUT2D eigenvalue weighted by molar-refractivity contribution is 5.76. The first-order chi connectivity index (χ1) is 11.1. The molecule has 0 spiro atoms. The number of benzene rings is 1. The van der Waals surface area contributed by atoms with Crippen molar-refractivity contribution < 1.29 is 19.4 Å². The summed E-state index contributed by atoms with van der Waals surface area (Å²) in [5, 5.41) is 18.8. The van der Waals surface area contributed by atoms with E-state index in [0.717, 1.165) is 11.3 Å². The Kier molecular flexibility index (Phi) is 5.67. The summed E-state index contributed by atoms with van der Waals surface area (Å²) in [5.74, 6) is -0.318. The van der Waals surface area contributed by atoms with Gasteiger partial charge in [-0.2, -0.15) is 0 Å². The summed E-state index contributed by atoms with van der Waals surface area (Å²) in [6, 6.07) is 7.55. The van der Waals surface area contributed by atoms with Crippen molar-refractivity contribution in [3.8, 4) is 5.75 Å². The van der Waals surface area contributed by atoms with E-state index in [4.69, 9.17) is 9.84 Å². The van der Waals surface area contributed by atoms with E-state index >= 15 is 0 Å². The minimum Gasteiger partial charge on any atom is -0.497 e. The van der Waals surface area contributed by atoms with Crippen molar-refractivity contribution in [2.75, 3.05) is 7.11 Å². The maximum absolute atomic E-state index is 11.8. The van der Waals surface area contributed by atoms with Gasteiger partial charge >= 0.3 is 5.97 Å². The molecular weight excluding hydrogens is 300 g/mol. The van der Waals surface area contributed by atoms with Crippen LogP contribution < -0.4 is 10.1 Å². The number of ether oxygens (including phenoxy) is 1. The lowest BCUT2D eigenvalue weighted by molar-refractivity contribution is -0.138. The molecule has 8 nitrogen and oxygen atoms in total. The second kappa shape index (κ2) is 7.92. The van der Waals surface area contributed by atoms with Gasteiger partial charge in [0.05, 0.1) is 19.9 Å². The van der Waals surface area contributed by atoms with Gasteiger partial charge in [-0.3, -0.25) is 9.59 Å². The third-order valence-corrected chi connectivity index (χ3v) is 3.15. The van der Waals surface area contributed by atoms with Gasteiger partial charge < -0.3 is 15.2 Å². The minimum absolute atomic E-state index is 0.103. The number of nitrogens with zero attached hydrogens (tertiary/aromatic N) is 3. The van der Waals surface area contributed by atoms with Crippen molar-refractivity contribution in [1.82, 2.24) is 20.3 Å². The molecule has 0 aliphatic carbocycles. The minimum atomic E-state index is -0.995. The van der Waals surface area contributed by atoms with E-state index in [2.05, 4.69) is 15.6 Å². The zero-order chi connectivity index (χ0) is 16.7. The molecule has 1 heterocycles. The predicted molar refractivity (Wildman–Crippen MR) is 80.8 cm³/mol. The van der Waals surface area contributed by atoms with Crippen LogP contribution >= 0.6 is 0 Å². The molecule has 1 aromatic heterocycles. The lowest BCUT2D eigenvalue weighted by Crippen LogP contribution is -2.23. The standard InChI is InChI=1S/C15H18N4O4/c1-23-13-5-2-11(3-6-13)4-7-14(20)16-8-12-9-19(18-17-12)10-15(21)22/h2-3,5-6,9H,4,7-8,10H2,1H3,(H,16,20)(H,21,22). The van der Waals surface area contributed by atoms with Gasteiger partial charge in [0.2, 0.25) is 5.91 Å². The number of aromatic nitrogens is 3. The molecule has 2 N–H and O–H groups in total. The summed E-state index contributed by atoms with van der Waals surface area (Å²) >= 11 is 0. The molecule has 2 aromatic rings. The fourth-order valence-electron chi connectivity index (χ4n) is 1.96. The predicted octanol–water partition coefficient (Wildman–Crippen LogP) is 0.620. The average Bonchev–Trinajstić information content (AvgIpc) is 2.98. The summed E-state index contributed by atoms with van der Waals surface area (Å²) in [6.07, 6.45) is 2.48. The molecule has 1 aromatic carbocycles. The first kappa shape index (κ1) is 16.5. The van der Waals surface area contributed by atoms with Gasteiger partial charge in [0.25, 0.3) is 0 Å². The molecular formula is C15H18N4O4. The number of carbonyl (C=O) groups excluding carboxylic acids is 1. The number of hydrogen-bond donors (Lipinski definition) is 2. The third-order valence-electron chi connectivity index (χ3n) is 3.15. The molecule has 23 heavy (non-hydrogen) atoms. The van der Waals surface area contributed by atoms with Gasteiger partial charge in [0, 0.05) is 6.42 Å². The Morgan fingerprint density at radius 2 is 2.04 bits per heavy atom. The second-order valence-corrected chi connectivity index (χ2v) is 4.93. The molecule has 0 saturated heterocycles. The van der Waals surface area contributed by atoms with E-state index in [1.807, 2.05) is 24.3 Å². The van der Waals surface area contributed by atoms with Crippen LogP contribution in [0.2, 0.25) is 0 Å². The average molecular weight is 318 g/mol. The Balaban J connectivity index is 1.74. The van der Waals surface area contributed by atoms with E-state index in [1.54, 1.807) is 7.11 Å². The maximum Gasteiger partial charge on any atom is 0.325 e. The normalized spacial score (nSPS) is 10.3. The zero-order valence-electron chi connectivity index (χ0n) is 12.7. The van der Waals surface area contributed by atoms with Crippen LogP contribution in [-0.2, 0) is 29.1 Å². The summed E-state index contributed by atoms with van der Waals surface area (Å²) in [5.41, 5.74) is 1.57. The number of amides is 1. The number of methoxy groups -OCH3 is 1. The van der Waals surface area contributed by atoms with Crippen molar-refractivity contribution in [2.45, 2.75) is 25.9 Å². The summed E-state index contributed by atoms with van der Waals surface area (Å²) in [6.45, 7) is -0.0283. The fourth-order valence-corrected chi connectivity index (χ4v) is 1.96. The van der Waals surface area contributed by atoms with Crippen LogP contribution in [0.3, 0.4) is 0 Å². The number of carboxylic acid groups (broad SMARTS) is 1. The van der Waals surface area contributed by atoms with E-state index in [1.165, 1.54) is 10.9 Å². The smallest absolute Gasteiger partial charge is 0.325 e.